The van der Waals surface area contributed by atoms with Gasteiger partial charge in [0.25, 0.3) is 0 Å². The summed E-state index contributed by atoms with van der Waals surface area (Å²) in [5.74, 6) is 0.913. The third kappa shape index (κ3) is 2.68. The normalized spacial score (nSPS) is 21.4. The van der Waals surface area contributed by atoms with E-state index in [0.717, 1.165) is 23.3 Å². The first-order valence-electron chi connectivity index (χ1n) is 7.64. The monoisotopic (exact) mass is 370 g/mol. The lowest BCUT2D eigenvalue weighted by Crippen LogP contribution is -2.55. The van der Waals surface area contributed by atoms with Gasteiger partial charge in [-0.25, -0.2) is 4.31 Å². The van der Waals surface area contributed by atoms with Gasteiger partial charge in [0.1, 0.15) is 5.75 Å². The highest BCUT2D eigenvalue weighted by Crippen LogP contribution is 2.48. The van der Waals surface area contributed by atoms with Gasteiger partial charge in [0, 0.05) is 18.6 Å². The number of benzene rings is 1. The number of nitrogens with zero attached hydrogens (tertiary/aromatic N) is 2. The third-order valence-electron chi connectivity index (χ3n) is 4.93. The number of likely N-dealkylation sites (N-methyl/N-ethyl adjacent to an activating group) is 1. The van der Waals surface area contributed by atoms with Crippen LogP contribution in [0.15, 0.2) is 21.5 Å². The Morgan fingerprint density at radius 1 is 1.33 bits per heavy atom. The average molecular weight is 371 g/mol. The topological polar surface area (TPSA) is 15.7 Å². The number of anilines is 1. The van der Waals surface area contributed by atoms with E-state index in [1.807, 2.05) is 11.9 Å². The minimum absolute atomic E-state index is 0.370. The van der Waals surface area contributed by atoms with Crippen molar-refractivity contribution in [3.8, 4) is 5.75 Å². The van der Waals surface area contributed by atoms with Crippen molar-refractivity contribution in [2.75, 3.05) is 32.1 Å². The second-order valence-electron chi connectivity index (χ2n) is 5.98. The Bertz CT molecular complexity index is 528. The second kappa shape index (κ2) is 6.01. The van der Waals surface area contributed by atoms with Gasteiger partial charge < -0.3 is 9.64 Å². The lowest BCUT2D eigenvalue weighted by molar-refractivity contribution is 0.217. The standard InChI is InChI=1S/C16H23BrN2OS/c1-4-16(6-5-7-16)19-9-8-18(2)21-15-11-14(20-3)12(17)10-13(15)19/h10-11H,4-9H2,1-3H3. The molecule has 116 valence electrons. The summed E-state index contributed by atoms with van der Waals surface area (Å²) in [5.41, 5.74) is 1.73. The van der Waals surface area contributed by atoms with Crippen LogP contribution in [0.1, 0.15) is 32.6 Å². The minimum atomic E-state index is 0.370. The molecule has 1 aromatic rings. The zero-order valence-corrected chi connectivity index (χ0v) is 15.4. The zero-order valence-electron chi connectivity index (χ0n) is 13.0. The number of hydrogen-bond donors (Lipinski definition) is 0. The maximum atomic E-state index is 5.48. The van der Waals surface area contributed by atoms with Gasteiger partial charge in [-0.2, -0.15) is 0 Å². The van der Waals surface area contributed by atoms with Crippen LogP contribution in [0.3, 0.4) is 0 Å². The van der Waals surface area contributed by atoms with E-state index >= 15 is 0 Å². The first-order chi connectivity index (χ1) is 10.1. The zero-order chi connectivity index (χ0) is 15.0. The van der Waals surface area contributed by atoms with Crippen molar-refractivity contribution in [1.82, 2.24) is 4.31 Å². The van der Waals surface area contributed by atoms with E-state index in [4.69, 9.17) is 4.74 Å². The number of ether oxygens (including phenoxy) is 1. The molecule has 0 aromatic heterocycles. The molecule has 1 saturated carbocycles. The van der Waals surface area contributed by atoms with Gasteiger partial charge in [-0.3, -0.25) is 0 Å². The molecule has 3 rings (SSSR count). The van der Waals surface area contributed by atoms with Gasteiger partial charge in [0.05, 0.1) is 22.2 Å². The molecule has 0 saturated heterocycles. The summed E-state index contributed by atoms with van der Waals surface area (Å²) in [7, 11) is 3.90. The van der Waals surface area contributed by atoms with Crippen molar-refractivity contribution in [1.29, 1.82) is 0 Å². The van der Waals surface area contributed by atoms with Gasteiger partial charge >= 0.3 is 0 Å². The van der Waals surface area contributed by atoms with E-state index in [0.29, 0.717) is 5.54 Å². The van der Waals surface area contributed by atoms with E-state index in [1.54, 1.807) is 7.11 Å². The van der Waals surface area contributed by atoms with Crippen molar-refractivity contribution in [2.24, 2.45) is 0 Å². The summed E-state index contributed by atoms with van der Waals surface area (Å²) in [6.45, 7) is 4.52. The summed E-state index contributed by atoms with van der Waals surface area (Å²) in [6, 6.07) is 4.41. The molecule has 0 atom stereocenters. The summed E-state index contributed by atoms with van der Waals surface area (Å²) in [6.07, 6.45) is 5.23. The first-order valence-corrected chi connectivity index (χ1v) is 9.20. The molecule has 1 aliphatic heterocycles. The first kappa shape index (κ1) is 15.5. The maximum Gasteiger partial charge on any atom is 0.134 e. The van der Waals surface area contributed by atoms with Crippen LogP contribution < -0.4 is 9.64 Å². The summed E-state index contributed by atoms with van der Waals surface area (Å²) in [4.78, 5) is 3.96. The Balaban J connectivity index is 2.06. The molecule has 0 radical (unpaired) electrons. The molecule has 0 unspecified atom stereocenters. The van der Waals surface area contributed by atoms with Gasteiger partial charge in [0.2, 0.25) is 0 Å². The van der Waals surface area contributed by atoms with Crippen LogP contribution in [0.2, 0.25) is 0 Å². The smallest absolute Gasteiger partial charge is 0.134 e. The molecular weight excluding hydrogens is 348 g/mol. The lowest BCUT2D eigenvalue weighted by atomic mass is 9.73. The van der Waals surface area contributed by atoms with Crippen LogP contribution in [0.4, 0.5) is 5.69 Å². The van der Waals surface area contributed by atoms with Crippen LogP contribution in [0.5, 0.6) is 5.75 Å². The summed E-state index contributed by atoms with van der Waals surface area (Å²) in [5, 5.41) is 0. The van der Waals surface area contributed by atoms with Gasteiger partial charge in [0.15, 0.2) is 0 Å². The van der Waals surface area contributed by atoms with E-state index in [-0.39, 0.29) is 0 Å². The van der Waals surface area contributed by atoms with Crippen LogP contribution in [0, 0.1) is 0 Å². The molecule has 1 heterocycles. The molecular formula is C16H23BrN2OS. The lowest BCUT2D eigenvalue weighted by Gasteiger charge is -2.51. The molecule has 1 fully saturated rings. The third-order valence-corrected chi connectivity index (χ3v) is 6.57. The van der Waals surface area contributed by atoms with Crippen molar-refractivity contribution in [3.63, 3.8) is 0 Å². The van der Waals surface area contributed by atoms with Crippen LogP contribution in [0.25, 0.3) is 0 Å². The molecule has 1 aromatic carbocycles. The SMILES string of the molecule is CCC1(N2CCN(C)Sc3cc(OC)c(Br)cc32)CCC1. The summed E-state index contributed by atoms with van der Waals surface area (Å²) < 4.78 is 8.85. The van der Waals surface area contributed by atoms with Gasteiger partial charge in [-0.1, -0.05) is 6.92 Å². The minimum Gasteiger partial charge on any atom is -0.496 e. The van der Waals surface area contributed by atoms with Crippen molar-refractivity contribution in [2.45, 2.75) is 43.0 Å². The predicted octanol–water partition coefficient (Wildman–Crippen LogP) is 4.55. The number of methoxy groups -OCH3 is 1. The summed E-state index contributed by atoms with van der Waals surface area (Å²) >= 11 is 5.48. The molecule has 0 spiro atoms. The Kier molecular flexibility index (Phi) is 4.44. The fourth-order valence-electron chi connectivity index (χ4n) is 3.43. The molecule has 0 N–H and O–H groups in total. The second-order valence-corrected chi connectivity index (χ2v) is 8.08. The average Bonchev–Trinajstić information content (AvgIpc) is 2.57. The van der Waals surface area contributed by atoms with E-state index < -0.39 is 0 Å². The highest BCUT2D eigenvalue weighted by molar-refractivity contribution is 9.10. The largest absolute Gasteiger partial charge is 0.496 e. The fourth-order valence-corrected chi connectivity index (χ4v) is 4.86. The molecule has 0 bridgehead atoms. The number of hydrogen-bond acceptors (Lipinski definition) is 4. The Labute approximate surface area is 140 Å². The highest BCUT2D eigenvalue weighted by Gasteiger charge is 2.42. The number of rotatable bonds is 3. The molecule has 1 aliphatic carbocycles. The molecule has 2 aliphatic rings. The quantitative estimate of drug-likeness (QED) is 0.724. The van der Waals surface area contributed by atoms with Gasteiger partial charge in [-0.15, -0.1) is 0 Å². The maximum absolute atomic E-state index is 5.48. The van der Waals surface area contributed by atoms with Crippen molar-refractivity contribution >= 4 is 33.6 Å². The van der Waals surface area contributed by atoms with Crippen molar-refractivity contribution < 1.29 is 4.74 Å². The van der Waals surface area contributed by atoms with Crippen LogP contribution in [-0.4, -0.2) is 37.1 Å². The van der Waals surface area contributed by atoms with E-state index in [9.17, 15) is 0 Å². The predicted molar refractivity (Wildman–Crippen MR) is 93.4 cm³/mol. The molecule has 5 heteroatoms. The Hall–Kier alpha value is -0.390. The molecule has 3 nitrogen and oxygen atoms in total. The van der Waals surface area contributed by atoms with Crippen LogP contribution in [-0.2, 0) is 0 Å². The van der Waals surface area contributed by atoms with E-state index in [1.165, 1.54) is 36.3 Å². The van der Waals surface area contributed by atoms with Crippen molar-refractivity contribution in [3.05, 3.63) is 16.6 Å². The Morgan fingerprint density at radius 3 is 2.67 bits per heavy atom. The molecule has 21 heavy (non-hydrogen) atoms. The number of halogens is 1. The Morgan fingerprint density at radius 2 is 2.10 bits per heavy atom. The number of fused-ring (bicyclic) bond motifs is 1. The van der Waals surface area contributed by atoms with Crippen LogP contribution >= 0.6 is 27.9 Å². The van der Waals surface area contributed by atoms with Gasteiger partial charge in [-0.05, 0) is 72.7 Å². The fraction of sp³-hybridized carbons (Fsp3) is 0.625. The highest BCUT2D eigenvalue weighted by atomic mass is 79.9. The molecule has 0 amide bonds. The van der Waals surface area contributed by atoms with E-state index in [2.05, 4.69) is 51.2 Å².